The maximum absolute atomic E-state index is 4.25. The average molecular weight is 225 g/mol. The summed E-state index contributed by atoms with van der Waals surface area (Å²) in [6, 6.07) is 0.556. The van der Waals surface area contributed by atoms with Crippen molar-refractivity contribution in [2.24, 2.45) is 0 Å². The molecule has 3 nitrogen and oxygen atoms in total. The molecule has 1 atom stereocenters. The fourth-order valence-corrected chi connectivity index (χ4v) is 2.68. The van der Waals surface area contributed by atoms with Crippen LogP contribution in [0.1, 0.15) is 36.7 Å². The third-order valence-electron chi connectivity index (χ3n) is 2.77. The van der Waals surface area contributed by atoms with Crippen LogP contribution in [-0.2, 0) is 0 Å². The van der Waals surface area contributed by atoms with Crippen molar-refractivity contribution in [1.82, 2.24) is 15.6 Å². The fourth-order valence-electron chi connectivity index (χ4n) is 1.93. The Labute approximate surface area is 95.3 Å². The molecule has 0 bridgehead atoms. The smallest absolute Gasteiger partial charge is 0.109 e. The zero-order valence-electron chi connectivity index (χ0n) is 9.04. The number of nitrogens with one attached hydrogen (secondary N) is 2. The summed E-state index contributed by atoms with van der Waals surface area (Å²) in [6.07, 6.45) is 7.21. The Morgan fingerprint density at radius 1 is 1.20 bits per heavy atom. The van der Waals surface area contributed by atoms with Crippen LogP contribution in [0.5, 0.6) is 0 Å². The van der Waals surface area contributed by atoms with E-state index in [2.05, 4.69) is 15.6 Å². The molecular weight excluding hydrogens is 206 g/mol. The van der Waals surface area contributed by atoms with Gasteiger partial charge in [-0.3, -0.25) is 0 Å². The van der Waals surface area contributed by atoms with E-state index >= 15 is 0 Å². The summed E-state index contributed by atoms with van der Waals surface area (Å²) < 4.78 is 0. The molecule has 3 rings (SSSR count). The van der Waals surface area contributed by atoms with Gasteiger partial charge in [0, 0.05) is 11.6 Å². The Kier molecular flexibility index (Phi) is 4.57. The topological polar surface area (TPSA) is 37.0 Å². The highest BCUT2D eigenvalue weighted by Crippen LogP contribution is 2.23. The van der Waals surface area contributed by atoms with E-state index in [4.69, 9.17) is 0 Å². The standard InChI is InChI=1S/C7H10N2S.C4H9N/c1-2-6(8-3-1)7-9-4-5-10-7;1-2-4-5-3-1/h4-6,8H,1-3H2;5H,1-4H2. The van der Waals surface area contributed by atoms with Gasteiger partial charge in [-0.2, -0.15) is 0 Å². The Hall–Kier alpha value is -0.450. The first-order valence-electron chi connectivity index (χ1n) is 5.80. The second kappa shape index (κ2) is 6.20. The molecule has 4 heteroatoms. The molecule has 2 saturated heterocycles. The summed E-state index contributed by atoms with van der Waals surface area (Å²) in [5, 5.41) is 9.91. The summed E-state index contributed by atoms with van der Waals surface area (Å²) in [5.41, 5.74) is 0. The van der Waals surface area contributed by atoms with E-state index < -0.39 is 0 Å². The average Bonchev–Trinajstić information content (AvgIpc) is 3.06. The number of hydrogen-bond acceptors (Lipinski definition) is 4. The number of rotatable bonds is 1. The molecule has 0 saturated carbocycles. The van der Waals surface area contributed by atoms with Crippen molar-refractivity contribution >= 4 is 11.3 Å². The van der Waals surface area contributed by atoms with E-state index in [9.17, 15) is 0 Å². The van der Waals surface area contributed by atoms with Gasteiger partial charge in [-0.1, -0.05) is 0 Å². The largest absolute Gasteiger partial charge is 0.317 e. The van der Waals surface area contributed by atoms with Gasteiger partial charge in [0.05, 0.1) is 6.04 Å². The molecule has 84 valence electrons. The first-order valence-corrected chi connectivity index (χ1v) is 6.68. The molecule has 2 aliphatic rings. The number of hydrogen-bond donors (Lipinski definition) is 2. The molecule has 2 N–H and O–H groups in total. The van der Waals surface area contributed by atoms with Gasteiger partial charge in [-0.05, 0) is 45.3 Å². The molecule has 3 heterocycles. The van der Waals surface area contributed by atoms with E-state index in [0.29, 0.717) is 6.04 Å². The first-order chi connectivity index (χ1) is 7.47. The van der Waals surface area contributed by atoms with Gasteiger partial charge in [-0.15, -0.1) is 11.3 Å². The van der Waals surface area contributed by atoms with E-state index in [-0.39, 0.29) is 0 Å². The molecule has 0 aromatic carbocycles. The van der Waals surface area contributed by atoms with E-state index in [1.54, 1.807) is 11.3 Å². The van der Waals surface area contributed by atoms with Crippen molar-refractivity contribution < 1.29 is 0 Å². The number of aromatic nitrogens is 1. The van der Waals surface area contributed by atoms with Crippen LogP contribution < -0.4 is 10.6 Å². The normalized spacial score (nSPS) is 24.9. The van der Waals surface area contributed by atoms with Crippen molar-refractivity contribution in [2.45, 2.75) is 31.7 Å². The maximum atomic E-state index is 4.25. The predicted molar refractivity (Wildman–Crippen MR) is 64.2 cm³/mol. The van der Waals surface area contributed by atoms with Crippen molar-refractivity contribution in [3.63, 3.8) is 0 Å². The predicted octanol–water partition coefficient (Wildman–Crippen LogP) is 1.94. The molecule has 15 heavy (non-hydrogen) atoms. The summed E-state index contributed by atoms with van der Waals surface area (Å²) in [4.78, 5) is 4.25. The zero-order chi connectivity index (χ0) is 10.3. The van der Waals surface area contributed by atoms with Crippen molar-refractivity contribution in [1.29, 1.82) is 0 Å². The number of nitrogens with zero attached hydrogens (tertiary/aromatic N) is 1. The SMILES string of the molecule is C1CCNC1.c1csc(C2CCCN2)n1. The summed E-state index contributed by atoms with van der Waals surface area (Å²) >= 11 is 1.75. The Bertz CT molecular complexity index is 243. The molecule has 0 amide bonds. The number of thiazole rings is 1. The third-order valence-corrected chi connectivity index (χ3v) is 3.66. The Balaban J connectivity index is 0.000000144. The van der Waals surface area contributed by atoms with Gasteiger partial charge < -0.3 is 10.6 Å². The van der Waals surface area contributed by atoms with Gasteiger partial charge in [-0.25, -0.2) is 4.98 Å². The van der Waals surface area contributed by atoms with Crippen LogP contribution in [-0.4, -0.2) is 24.6 Å². The maximum Gasteiger partial charge on any atom is 0.109 e. The van der Waals surface area contributed by atoms with Crippen LogP contribution >= 0.6 is 11.3 Å². The molecule has 1 aromatic rings. The van der Waals surface area contributed by atoms with Crippen molar-refractivity contribution in [3.05, 3.63) is 16.6 Å². The van der Waals surface area contributed by atoms with E-state index in [1.165, 1.54) is 43.8 Å². The van der Waals surface area contributed by atoms with Gasteiger partial charge in [0.15, 0.2) is 0 Å². The molecule has 1 aromatic heterocycles. The second-order valence-electron chi connectivity index (χ2n) is 3.98. The summed E-state index contributed by atoms with van der Waals surface area (Å²) in [7, 11) is 0. The molecule has 0 aliphatic carbocycles. The van der Waals surface area contributed by atoms with Crippen LogP contribution in [0.4, 0.5) is 0 Å². The van der Waals surface area contributed by atoms with Gasteiger partial charge in [0.25, 0.3) is 0 Å². The molecule has 0 radical (unpaired) electrons. The molecule has 1 unspecified atom stereocenters. The minimum Gasteiger partial charge on any atom is -0.317 e. The first kappa shape index (κ1) is 11.0. The molecular formula is C11H19N3S. The molecule has 2 aliphatic heterocycles. The summed E-state index contributed by atoms with van der Waals surface area (Å²) in [5.74, 6) is 0. The van der Waals surface area contributed by atoms with Crippen LogP contribution in [0.25, 0.3) is 0 Å². The minimum absolute atomic E-state index is 0.556. The van der Waals surface area contributed by atoms with Crippen molar-refractivity contribution in [3.8, 4) is 0 Å². The highest BCUT2D eigenvalue weighted by Gasteiger charge is 2.17. The molecule has 0 spiro atoms. The lowest BCUT2D eigenvalue weighted by molar-refractivity contribution is 0.643. The highest BCUT2D eigenvalue weighted by molar-refractivity contribution is 7.09. The summed E-state index contributed by atoms with van der Waals surface area (Å²) in [6.45, 7) is 3.66. The minimum atomic E-state index is 0.556. The van der Waals surface area contributed by atoms with Gasteiger partial charge in [0.1, 0.15) is 5.01 Å². The lowest BCUT2D eigenvalue weighted by atomic mass is 10.2. The van der Waals surface area contributed by atoms with Crippen LogP contribution in [0.15, 0.2) is 11.6 Å². The lowest BCUT2D eigenvalue weighted by Gasteiger charge is -2.03. The quantitative estimate of drug-likeness (QED) is 0.767. The Morgan fingerprint density at radius 2 is 2.07 bits per heavy atom. The highest BCUT2D eigenvalue weighted by atomic mass is 32.1. The Morgan fingerprint density at radius 3 is 2.53 bits per heavy atom. The van der Waals surface area contributed by atoms with Crippen LogP contribution in [0.3, 0.4) is 0 Å². The van der Waals surface area contributed by atoms with Crippen molar-refractivity contribution in [2.75, 3.05) is 19.6 Å². The third kappa shape index (κ3) is 3.55. The van der Waals surface area contributed by atoms with Crippen LogP contribution in [0, 0.1) is 0 Å². The monoisotopic (exact) mass is 225 g/mol. The van der Waals surface area contributed by atoms with Crippen LogP contribution in [0.2, 0.25) is 0 Å². The molecule has 2 fully saturated rings. The van der Waals surface area contributed by atoms with E-state index in [1.807, 2.05) is 11.6 Å². The van der Waals surface area contributed by atoms with E-state index in [0.717, 1.165) is 6.54 Å². The van der Waals surface area contributed by atoms with Gasteiger partial charge in [0.2, 0.25) is 0 Å². The fraction of sp³-hybridized carbons (Fsp3) is 0.727. The van der Waals surface area contributed by atoms with Gasteiger partial charge >= 0.3 is 0 Å². The lowest BCUT2D eigenvalue weighted by Crippen LogP contribution is -2.12. The second-order valence-corrected chi connectivity index (χ2v) is 4.90. The zero-order valence-corrected chi connectivity index (χ0v) is 9.85.